The molecule has 21 heavy (non-hydrogen) atoms. The third-order valence-electron chi connectivity index (χ3n) is 3.05. The van der Waals surface area contributed by atoms with E-state index >= 15 is 0 Å². The molecule has 1 aliphatic heterocycles. The number of ether oxygens (including phenoxy) is 1. The number of thiazole rings is 1. The second-order valence-electron chi connectivity index (χ2n) is 4.52. The van der Waals surface area contributed by atoms with Gasteiger partial charge in [0.1, 0.15) is 10.7 Å². The first kappa shape index (κ1) is 14.6. The Hall–Kier alpha value is -1.28. The summed E-state index contributed by atoms with van der Waals surface area (Å²) < 4.78 is 9.96. The Morgan fingerprint density at radius 2 is 2.33 bits per heavy atom. The Bertz CT molecular complexity index is 819. The fourth-order valence-electron chi connectivity index (χ4n) is 2.14. The summed E-state index contributed by atoms with van der Waals surface area (Å²) in [4.78, 5) is 16.6. The van der Waals surface area contributed by atoms with Gasteiger partial charge in [-0.05, 0) is 23.5 Å². The van der Waals surface area contributed by atoms with Crippen LogP contribution in [0.3, 0.4) is 0 Å². The molecular formula is C15H15IN2O2S. The highest BCUT2D eigenvalue weighted by Gasteiger charge is 2.17. The number of allylic oxidation sites excluding steroid dienone is 2. The minimum Gasteiger partial charge on any atom is -0.461 e. The minimum absolute atomic E-state index is 0.226. The summed E-state index contributed by atoms with van der Waals surface area (Å²) in [6.45, 7) is 5.01. The van der Waals surface area contributed by atoms with Gasteiger partial charge in [-0.25, -0.2) is 9.78 Å². The number of esters is 1. The summed E-state index contributed by atoms with van der Waals surface area (Å²) >= 11 is 1.38. The monoisotopic (exact) mass is 414 g/mol. The maximum Gasteiger partial charge on any atom is 0.354 e. The molecule has 0 unspecified atom stereocenters. The van der Waals surface area contributed by atoms with Gasteiger partial charge in [-0.3, -0.25) is 0 Å². The molecule has 0 atom stereocenters. The first-order valence-electron chi connectivity index (χ1n) is 6.64. The lowest BCUT2D eigenvalue weighted by Gasteiger charge is -2.08. The van der Waals surface area contributed by atoms with Crippen LogP contribution < -0.4 is 5.22 Å². The average Bonchev–Trinajstić information content (AvgIpc) is 3.08. The molecule has 2 aromatic rings. The number of nitrogens with zero attached hydrogens (tertiary/aromatic N) is 2. The van der Waals surface area contributed by atoms with Crippen LogP contribution in [0.2, 0.25) is 0 Å². The highest BCUT2D eigenvalue weighted by Crippen LogP contribution is 2.22. The van der Waals surface area contributed by atoms with Crippen molar-refractivity contribution in [2.24, 2.45) is 0 Å². The number of hydrogen-bond donors (Lipinski definition) is 0. The van der Waals surface area contributed by atoms with Crippen molar-refractivity contribution in [2.75, 3.05) is 6.61 Å². The molecule has 0 amide bonds. The Morgan fingerprint density at radius 3 is 3.05 bits per heavy atom. The highest BCUT2D eigenvalue weighted by atomic mass is 127. The molecule has 0 bridgehead atoms. The Kier molecular flexibility index (Phi) is 4.34. The van der Waals surface area contributed by atoms with Crippen LogP contribution >= 0.6 is 32.1 Å². The van der Waals surface area contributed by atoms with Crippen molar-refractivity contribution in [3.8, 4) is 0 Å². The van der Waals surface area contributed by atoms with Crippen molar-refractivity contribution in [1.29, 1.82) is 0 Å². The maximum atomic E-state index is 12.2. The Balaban J connectivity index is 2.13. The molecule has 3 rings (SSSR count). The Morgan fingerprint density at radius 1 is 1.48 bits per heavy atom. The first-order valence-corrected chi connectivity index (χ1v) is 9.68. The molecule has 1 aliphatic rings. The van der Waals surface area contributed by atoms with E-state index in [-0.39, 0.29) is 26.7 Å². The van der Waals surface area contributed by atoms with Gasteiger partial charge >= 0.3 is 5.97 Å². The highest BCUT2D eigenvalue weighted by molar-refractivity contribution is 14.2. The zero-order valence-electron chi connectivity index (χ0n) is 11.8. The predicted molar refractivity (Wildman–Crippen MR) is 92.3 cm³/mol. The standard InChI is InChI=1S/C15H15IN2O2S/c1-3-20-15(19)12-8-11-5-4-10(2)16-14(11)18(12)9-13-17-6-7-21-13/h4-8H,3,9H2,1-2H3. The quantitative estimate of drug-likeness (QED) is 0.571. The number of hydrogen-bond acceptors (Lipinski definition) is 4. The summed E-state index contributed by atoms with van der Waals surface area (Å²) in [5.41, 5.74) is 0.635. The number of halogens is 1. The number of fused-ring (bicyclic) bond motifs is 1. The summed E-state index contributed by atoms with van der Waals surface area (Å²) in [5, 5.41) is 4.12. The van der Waals surface area contributed by atoms with Gasteiger partial charge in [-0.15, -0.1) is 11.3 Å². The molecule has 3 heterocycles. The van der Waals surface area contributed by atoms with Crippen molar-refractivity contribution in [1.82, 2.24) is 9.55 Å². The Labute approximate surface area is 136 Å². The van der Waals surface area contributed by atoms with Crippen LogP contribution in [0.4, 0.5) is 0 Å². The molecule has 0 aromatic carbocycles. The topological polar surface area (TPSA) is 44.1 Å². The molecule has 6 heteroatoms. The fraction of sp³-hybridized carbons (Fsp3) is 0.267. The number of carbonyl (C=O) groups is 1. The number of carbonyl (C=O) groups excluding carboxylic acids is 1. The maximum absolute atomic E-state index is 12.2. The molecule has 0 N–H and O–H groups in total. The van der Waals surface area contributed by atoms with Crippen LogP contribution in [0, 0.1) is 3.28 Å². The predicted octanol–water partition coefficient (Wildman–Crippen LogP) is 3.09. The molecule has 2 aromatic heterocycles. The minimum atomic E-state index is -0.251. The van der Waals surface area contributed by atoms with E-state index in [4.69, 9.17) is 4.74 Å². The number of rotatable bonds is 4. The van der Waals surface area contributed by atoms with E-state index in [1.54, 1.807) is 17.5 Å². The fourth-order valence-corrected chi connectivity index (χ4v) is 5.28. The van der Waals surface area contributed by atoms with Gasteiger partial charge in [0.25, 0.3) is 0 Å². The lowest BCUT2D eigenvalue weighted by Crippen LogP contribution is -2.13. The van der Waals surface area contributed by atoms with Crippen molar-refractivity contribution < 1.29 is 9.53 Å². The second kappa shape index (κ2) is 6.23. The average molecular weight is 414 g/mol. The van der Waals surface area contributed by atoms with Crippen molar-refractivity contribution >= 4 is 44.1 Å². The van der Waals surface area contributed by atoms with Crippen molar-refractivity contribution in [3.63, 3.8) is 0 Å². The summed E-state index contributed by atoms with van der Waals surface area (Å²) in [5.74, 6) is -0.251. The zero-order chi connectivity index (χ0) is 14.8. The van der Waals surface area contributed by atoms with E-state index < -0.39 is 0 Å². The van der Waals surface area contributed by atoms with E-state index in [1.165, 1.54) is 6.86 Å². The molecule has 0 fully saturated rings. The second-order valence-corrected chi connectivity index (χ2v) is 8.76. The van der Waals surface area contributed by atoms with Crippen molar-refractivity contribution in [2.45, 2.75) is 20.4 Å². The van der Waals surface area contributed by atoms with E-state index in [0.29, 0.717) is 18.8 Å². The molecule has 0 saturated heterocycles. The van der Waals surface area contributed by atoms with Crippen LogP contribution in [-0.4, -0.2) is 22.1 Å². The third-order valence-corrected chi connectivity index (χ3v) is 6.74. The molecule has 0 saturated carbocycles. The van der Waals surface area contributed by atoms with Gasteiger partial charge in [-0.1, -0.05) is 32.9 Å². The lowest BCUT2D eigenvalue weighted by molar-refractivity contribution is 0.0514. The largest absolute Gasteiger partial charge is 0.461 e. The van der Waals surface area contributed by atoms with Gasteiger partial charge in [0.15, 0.2) is 0 Å². The van der Waals surface area contributed by atoms with E-state index in [1.807, 2.05) is 18.4 Å². The molecule has 0 spiro atoms. The molecular weight excluding hydrogens is 399 g/mol. The number of aromatic nitrogens is 2. The molecule has 110 valence electrons. The van der Waals surface area contributed by atoms with Crippen LogP contribution in [0.15, 0.2) is 27.3 Å². The molecule has 0 aliphatic carbocycles. The molecule has 4 nitrogen and oxygen atoms in total. The lowest BCUT2D eigenvalue weighted by atomic mass is 10.3. The van der Waals surface area contributed by atoms with Crippen LogP contribution in [0.5, 0.6) is 0 Å². The van der Waals surface area contributed by atoms with Gasteiger partial charge in [0.2, 0.25) is 0 Å². The zero-order valence-corrected chi connectivity index (χ0v) is 14.8. The van der Waals surface area contributed by atoms with E-state index in [9.17, 15) is 4.79 Å². The van der Waals surface area contributed by atoms with Crippen molar-refractivity contribution in [3.05, 3.63) is 46.5 Å². The van der Waals surface area contributed by atoms with Crippen LogP contribution in [0.25, 0.3) is 6.08 Å². The van der Waals surface area contributed by atoms with Gasteiger partial charge in [0, 0.05) is 16.8 Å². The first-order chi connectivity index (χ1) is 10.2. The van der Waals surface area contributed by atoms with Crippen LogP contribution in [-0.2, 0) is 11.3 Å². The molecule has 0 radical (unpaired) electrons. The third kappa shape index (κ3) is 3.01. The van der Waals surface area contributed by atoms with Gasteiger partial charge < -0.3 is 9.30 Å². The SMILES string of the molecule is CCOC(=O)c1cc2c(n1Cc1nccs1)=IC(C)=CC=2. The van der Waals surface area contributed by atoms with Crippen LogP contribution in [0.1, 0.15) is 29.3 Å². The smallest absolute Gasteiger partial charge is 0.354 e. The normalized spacial score (nSPS) is 13.3. The summed E-state index contributed by atoms with van der Waals surface area (Å²) in [7, 11) is 0. The van der Waals surface area contributed by atoms with E-state index in [0.717, 1.165) is 10.2 Å². The summed E-state index contributed by atoms with van der Waals surface area (Å²) in [6, 6.07) is 1.95. The van der Waals surface area contributed by atoms with Gasteiger partial charge in [0.05, 0.1) is 16.4 Å². The van der Waals surface area contributed by atoms with E-state index in [2.05, 4.69) is 28.6 Å². The summed E-state index contributed by atoms with van der Waals surface area (Å²) in [6.07, 6.45) is 6.04. The van der Waals surface area contributed by atoms with Gasteiger partial charge in [-0.2, -0.15) is 0 Å².